The van der Waals surface area contributed by atoms with Crippen molar-refractivity contribution in [1.29, 1.82) is 0 Å². The Kier molecular flexibility index (Phi) is 8.54. The molecular formula is C21H24BrNO6S. The minimum Gasteiger partial charge on any atom is -0.497 e. The fraction of sp³-hybridized carbons (Fsp3) is 0.381. The van der Waals surface area contributed by atoms with E-state index in [0.29, 0.717) is 11.3 Å². The number of likely N-dealkylation sites (tertiary alicyclic amines) is 1. The highest BCUT2D eigenvalue weighted by Gasteiger charge is 2.50. The van der Waals surface area contributed by atoms with Gasteiger partial charge in [-0.15, -0.1) is 0 Å². The number of allylic oxidation sites excluding steroid dienone is 1. The Bertz CT molecular complexity index is 863. The van der Waals surface area contributed by atoms with E-state index < -0.39 is 22.1 Å². The zero-order valence-electron chi connectivity index (χ0n) is 17.3. The first kappa shape index (κ1) is 24.0. The Morgan fingerprint density at radius 3 is 2.33 bits per heavy atom. The Morgan fingerprint density at radius 1 is 1.17 bits per heavy atom. The van der Waals surface area contributed by atoms with Crippen LogP contribution in [0.1, 0.15) is 26.3 Å². The number of hydrogen-bond acceptors (Lipinski definition) is 7. The minimum atomic E-state index is -0.620. The lowest BCUT2D eigenvalue weighted by atomic mass is 10.1. The van der Waals surface area contributed by atoms with E-state index in [1.54, 1.807) is 52.1 Å². The molecule has 0 aromatic heterocycles. The molecule has 1 heterocycles. The quantitative estimate of drug-likeness (QED) is 0.222. The van der Waals surface area contributed by atoms with E-state index in [4.69, 9.17) is 14.2 Å². The average molecular weight is 498 g/mol. The number of amides is 1. The van der Waals surface area contributed by atoms with E-state index in [9.17, 15) is 14.4 Å². The summed E-state index contributed by atoms with van der Waals surface area (Å²) in [7, 11) is 1.57. The Hall–Kier alpha value is -2.26. The van der Waals surface area contributed by atoms with Gasteiger partial charge in [-0.05, 0) is 44.0 Å². The van der Waals surface area contributed by atoms with Gasteiger partial charge in [0.2, 0.25) is 5.91 Å². The van der Waals surface area contributed by atoms with E-state index >= 15 is 0 Å². The van der Waals surface area contributed by atoms with E-state index in [0.717, 1.165) is 17.3 Å². The largest absolute Gasteiger partial charge is 0.497 e. The van der Waals surface area contributed by atoms with Gasteiger partial charge < -0.3 is 14.2 Å². The first-order valence-electron chi connectivity index (χ1n) is 9.18. The van der Waals surface area contributed by atoms with Crippen molar-refractivity contribution in [3.63, 3.8) is 0 Å². The Labute approximate surface area is 188 Å². The van der Waals surface area contributed by atoms with Crippen molar-refractivity contribution in [3.8, 4) is 5.75 Å². The molecular weight excluding hydrogens is 474 g/mol. The predicted molar refractivity (Wildman–Crippen MR) is 118 cm³/mol. The molecule has 0 aliphatic carbocycles. The molecule has 1 aliphatic heterocycles. The van der Waals surface area contributed by atoms with Crippen molar-refractivity contribution < 1.29 is 28.6 Å². The molecule has 0 saturated carbocycles. The molecule has 0 bridgehead atoms. The Morgan fingerprint density at radius 2 is 1.80 bits per heavy atom. The topological polar surface area (TPSA) is 82.1 Å². The molecule has 9 heteroatoms. The van der Waals surface area contributed by atoms with Crippen molar-refractivity contribution in [3.05, 3.63) is 52.6 Å². The fourth-order valence-electron chi connectivity index (χ4n) is 2.67. The van der Waals surface area contributed by atoms with E-state index in [-0.39, 0.29) is 29.7 Å². The number of hydrogen-bond donors (Lipinski definition) is 0. The summed E-state index contributed by atoms with van der Waals surface area (Å²) in [5, 5.41) is -0.521. The van der Waals surface area contributed by atoms with Crippen molar-refractivity contribution >= 4 is 45.5 Å². The average Bonchev–Trinajstić information content (AvgIpc) is 2.74. The van der Waals surface area contributed by atoms with Gasteiger partial charge >= 0.3 is 11.9 Å². The van der Waals surface area contributed by atoms with E-state index in [1.807, 2.05) is 0 Å². The SMILES string of the molecule is C=C(S[C@@H]1[C@@H](Br)C(=O)N1C(C(=O)OCc1ccc(OC)cc1)=C(C)C)C(=O)OCC. The molecule has 0 N–H and O–H groups in total. The van der Waals surface area contributed by atoms with Gasteiger partial charge in [0, 0.05) is 0 Å². The number of carbonyl (C=O) groups excluding carboxylic acids is 3. The van der Waals surface area contributed by atoms with Crippen LogP contribution in [0, 0.1) is 0 Å². The van der Waals surface area contributed by atoms with Crippen LogP contribution in [0.15, 0.2) is 47.0 Å². The highest BCUT2D eigenvalue weighted by Crippen LogP contribution is 2.41. The zero-order chi connectivity index (χ0) is 22.4. The van der Waals surface area contributed by atoms with Crippen molar-refractivity contribution in [2.45, 2.75) is 37.6 Å². The van der Waals surface area contributed by atoms with Crippen LogP contribution < -0.4 is 4.74 Å². The summed E-state index contributed by atoms with van der Waals surface area (Å²) in [4.78, 5) is 38.1. The second-order valence-electron chi connectivity index (χ2n) is 6.53. The van der Waals surface area contributed by atoms with Crippen LogP contribution in [0.3, 0.4) is 0 Å². The van der Waals surface area contributed by atoms with Gasteiger partial charge in [0.1, 0.15) is 28.3 Å². The molecule has 1 fully saturated rings. The van der Waals surface area contributed by atoms with Crippen LogP contribution in [-0.2, 0) is 30.5 Å². The number of β-lactam (4-membered cyclic amide) rings is 1. The van der Waals surface area contributed by atoms with E-state index in [1.165, 1.54) is 4.90 Å². The lowest BCUT2D eigenvalue weighted by molar-refractivity contribution is -0.149. The molecule has 7 nitrogen and oxygen atoms in total. The van der Waals surface area contributed by atoms with Gasteiger partial charge in [-0.3, -0.25) is 9.69 Å². The third-order valence-corrected chi connectivity index (χ3v) is 6.60. The second-order valence-corrected chi connectivity index (χ2v) is 8.73. The number of ether oxygens (including phenoxy) is 3. The molecule has 0 radical (unpaired) electrons. The van der Waals surface area contributed by atoms with Crippen LogP contribution in [0.4, 0.5) is 0 Å². The van der Waals surface area contributed by atoms with Gasteiger partial charge in [0.25, 0.3) is 0 Å². The number of thioether (sulfide) groups is 1. The standard InChI is InChI=1S/C21H24BrNO6S/c1-6-28-20(25)13(4)30-19-16(22)18(24)23(19)17(12(2)3)21(26)29-11-14-7-9-15(27-5)10-8-14/h7-10,16,19H,4,6,11H2,1-3,5H3/t16-,19+/m0/s1. The summed E-state index contributed by atoms with van der Waals surface area (Å²) in [5.74, 6) is -0.763. The maximum Gasteiger partial charge on any atom is 0.355 e. The van der Waals surface area contributed by atoms with E-state index in [2.05, 4.69) is 22.5 Å². The lowest BCUT2D eigenvalue weighted by Gasteiger charge is -2.44. The molecule has 1 saturated heterocycles. The van der Waals surface area contributed by atoms with Gasteiger partial charge in [0.15, 0.2) is 0 Å². The van der Waals surface area contributed by atoms with Gasteiger partial charge in [-0.2, -0.15) is 0 Å². The number of rotatable bonds is 9. The number of alkyl halides is 1. The zero-order valence-corrected chi connectivity index (χ0v) is 19.7. The predicted octanol–water partition coefficient (Wildman–Crippen LogP) is 3.77. The van der Waals surface area contributed by atoms with Crippen molar-refractivity contribution in [2.24, 2.45) is 0 Å². The number of esters is 2. The summed E-state index contributed by atoms with van der Waals surface area (Å²) >= 11 is 4.38. The highest BCUT2D eigenvalue weighted by molar-refractivity contribution is 9.10. The maximum atomic E-state index is 12.8. The lowest BCUT2D eigenvalue weighted by Crippen LogP contribution is -2.61. The Balaban J connectivity index is 2.11. The van der Waals surface area contributed by atoms with Crippen molar-refractivity contribution in [2.75, 3.05) is 13.7 Å². The maximum absolute atomic E-state index is 12.8. The monoisotopic (exact) mass is 497 g/mol. The number of benzene rings is 1. The molecule has 2 atom stereocenters. The molecule has 1 aromatic carbocycles. The first-order valence-corrected chi connectivity index (χ1v) is 11.0. The number of methoxy groups -OCH3 is 1. The van der Waals surface area contributed by atoms with Crippen LogP contribution in [-0.4, -0.2) is 46.7 Å². The normalized spacial score (nSPS) is 17.6. The van der Waals surface area contributed by atoms with Crippen molar-refractivity contribution in [1.82, 2.24) is 4.90 Å². The first-order chi connectivity index (χ1) is 14.2. The fourth-order valence-corrected chi connectivity index (χ4v) is 4.44. The third kappa shape index (κ3) is 5.46. The summed E-state index contributed by atoms with van der Waals surface area (Å²) < 4.78 is 15.5. The molecule has 30 heavy (non-hydrogen) atoms. The number of halogens is 1. The third-order valence-electron chi connectivity index (χ3n) is 4.18. The summed E-state index contributed by atoms with van der Waals surface area (Å²) in [6, 6.07) is 7.12. The van der Waals surface area contributed by atoms with Crippen LogP contribution in [0.5, 0.6) is 5.75 Å². The molecule has 162 valence electrons. The summed E-state index contributed by atoms with van der Waals surface area (Å²) in [5.41, 5.74) is 1.56. The molecule has 0 spiro atoms. The summed E-state index contributed by atoms with van der Waals surface area (Å²) in [6.45, 7) is 9.13. The molecule has 1 aliphatic rings. The number of nitrogens with zero attached hydrogens (tertiary/aromatic N) is 1. The highest BCUT2D eigenvalue weighted by atomic mass is 79.9. The molecule has 1 amide bonds. The minimum absolute atomic E-state index is 0.0483. The van der Waals surface area contributed by atoms with Gasteiger partial charge in [-0.1, -0.05) is 46.4 Å². The number of carbonyl (C=O) groups is 3. The smallest absolute Gasteiger partial charge is 0.355 e. The van der Waals surface area contributed by atoms with Crippen LogP contribution >= 0.6 is 27.7 Å². The molecule has 1 aromatic rings. The van der Waals surface area contributed by atoms with Crippen LogP contribution in [0.2, 0.25) is 0 Å². The second kappa shape index (κ2) is 10.7. The molecule has 2 rings (SSSR count). The van der Waals surface area contributed by atoms with Crippen LogP contribution in [0.25, 0.3) is 0 Å². The van der Waals surface area contributed by atoms with Gasteiger partial charge in [-0.25, -0.2) is 9.59 Å². The molecule has 0 unspecified atom stereocenters. The summed E-state index contributed by atoms with van der Waals surface area (Å²) in [6.07, 6.45) is 0. The van der Waals surface area contributed by atoms with Gasteiger partial charge in [0.05, 0.1) is 18.6 Å².